The maximum Gasteiger partial charge on any atom is 0.268 e. The molecule has 0 radical (unpaired) electrons. The van der Waals surface area contributed by atoms with Gasteiger partial charge in [-0.3, -0.25) is 9.59 Å². The highest BCUT2D eigenvalue weighted by Crippen LogP contribution is 2.22. The third kappa shape index (κ3) is 3.96. The van der Waals surface area contributed by atoms with Crippen LogP contribution in [-0.4, -0.2) is 29.0 Å². The second kappa shape index (κ2) is 7.47. The molecule has 2 amide bonds. The van der Waals surface area contributed by atoms with Gasteiger partial charge < -0.3 is 19.6 Å². The van der Waals surface area contributed by atoms with Crippen LogP contribution in [0.5, 0.6) is 0 Å². The molecule has 3 rings (SSSR count). The summed E-state index contributed by atoms with van der Waals surface area (Å²) in [6.07, 6.45) is 1.61. The molecule has 0 fully saturated rings. The van der Waals surface area contributed by atoms with E-state index in [9.17, 15) is 9.59 Å². The molecule has 2 heterocycles. The first-order valence-electron chi connectivity index (χ1n) is 8.64. The third-order valence-corrected chi connectivity index (χ3v) is 4.08. The number of aryl methyl sites for hydroxylation is 1. The van der Waals surface area contributed by atoms with Gasteiger partial charge in [0.25, 0.3) is 5.91 Å². The standard InChI is InChI=1S/C20H23N3O3/c1-13(2)22-19(24)11-21-20(25)17-10-18-16(8-9-26-18)23(17)12-15-6-4-14(3)5-7-15/h4-10,13H,11-12H2,1-3H3,(H,21,25)(H,22,24). The number of fused-ring (bicyclic) bond motifs is 1. The minimum absolute atomic E-state index is 0.0344. The molecule has 26 heavy (non-hydrogen) atoms. The van der Waals surface area contributed by atoms with Gasteiger partial charge in [-0.05, 0) is 26.3 Å². The summed E-state index contributed by atoms with van der Waals surface area (Å²) in [6.45, 7) is 6.27. The van der Waals surface area contributed by atoms with E-state index >= 15 is 0 Å². The molecule has 0 aliphatic carbocycles. The van der Waals surface area contributed by atoms with Crippen molar-refractivity contribution >= 4 is 22.9 Å². The minimum Gasteiger partial charge on any atom is -0.463 e. The Kier molecular flexibility index (Phi) is 5.11. The lowest BCUT2D eigenvalue weighted by atomic mass is 10.1. The van der Waals surface area contributed by atoms with Gasteiger partial charge in [0, 0.05) is 24.7 Å². The van der Waals surface area contributed by atoms with Crippen molar-refractivity contribution in [3.63, 3.8) is 0 Å². The van der Waals surface area contributed by atoms with E-state index in [0.29, 0.717) is 17.8 Å². The Balaban J connectivity index is 1.81. The molecule has 0 aliphatic rings. The molecule has 136 valence electrons. The normalized spacial score (nSPS) is 11.1. The van der Waals surface area contributed by atoms with Crippen molar-refractivity contribution < 1.29 is 14.0 Å². The number of nitrogens with one attached hydrogen (secondary N) is 2. The highest BCUT2D eigenvalue weighted by molar-refractivity contribution is 5.99. The van der Waals surface area contributed by atoms with E-state index in [1.807, 2.05) is 55.7 Å². The third-order valence-electron chi connectivity index (χ3n) is 4.08. The highest BCUT2D eigenvalue weighted by Gasteiger charge is 2.18. The molecule has 0 saturated heterocycles. The van der Waals surface area contributed by atoms with Crippen molar-refractivity contribution in [2.45, 2.75) is 33.4 Å². The second-order valence-corrected chi connectivity index (χ2v) is 6.68. The molecule has 0 unspecified atom stereocenters. The van der Waals surface area contributed by atoms with Gasteiger partial charge in [0.1, 0.15) is 5.69 Å². The van der Waals surface area contributed by atoms with Gasteiger partial charge in [0.2, 0.25) is 5.91 Å². The molecular formula is C20H23N3O3. The molecule has 1 aromatic carbocycles. The van der Waals surface area contributed by atoms with Gasteiger partial charge in [-0.15, -0.1) is 0 Å². The molecule has 2 aromatic heterocycles. The summed E-state index contributed by atoms with van der Waals surface area (Å²) in [4.78, 5) is 24.4. The largest absolute Gasteiger partial charge is 0.463 e. The molecule has 0 bridgehead atoms. The first-order valence-corrected chi connectivity index (χ1v) is 8.64. The second-order valence-electron chi connectivity index (χ2n) is 6.68. The van der Waals surface area contributed by atoms with Crippen LogP contribution in [0.2, 0.25) is 0 Å². The van der Waals surface area contributed by atoms with Crippen molar-refractivity contribution in [3.8, 4) is 0 Å². The van der Waals surface area contributed by atoms with E-state index in [4.69, 9.17) is 4.42 Å². The summed E-state index contributed by atoms with van der Waals surface area (Å²) in [5, 5.41) is 5.43. The van der Waals surface area contributed by atoms with Crippen LogP contribution in [0.3, 0.4) is 0 Å². The number of nitrogens with zero attached hydrogens (tertiary/aromatic N) is 1. The van der Waals surface area contributed by atoms with E-state index in [0.717, 1.165) is 11.1 Å². The molecule has 3 aromatic rings. The first-order chi connectivity index (χ1) is 12.4. The van der Waals surface area contributed by atoms with Crippen molar-refractivity contribution in [2.75, 3.05) is 6.54 Å². The summed E-state index contributed by atoms with van der Waals surface area (Å²) in [5.74, 6) is -0.518. The van der Waals surface area contributed by atoms with Crippen molar-refractivity contribution in [3.05, 3.63) is 59.5 Å². The van der Waals surface area contributed by atoms with Gasteiger partial charge in [-0.25, -0.2) is 0 Å². The van der Waals surface area contributed by atoms with E-state index in [1.54, 1.807) is 12.3 Å². The van der Waals surface area contributed by atoms with Gasteiger partial charge in [-0.2, -0.15) is 0 Å². The van der Waals surface area contributed by atoms with Gasteiger partial charge in [0.15, 0.2) is 5.58 Å². The zero-order valence-corrected chi connectivity index (χ0v) is 15.2. The average molecular weight is 353 g/mol. The Morgan fingerprint density at radius 1 is 1.15 bits per heavy atom. The summed E-state index contributed by atoms with van der Waals surface area (Å²) in [7, 11) is 0. The van der Waals surface area contributed by atoms with Crippen LogP contribution in [0.25, 0.3) is 11.1 Å². The van der Waals surface area contributed by atoms with E-state index in [-0.39, 0.29) is 24.4 Å². The van der Waals surface area contributed by atoms with Crippen LogP contribution < -0.4 is 10.6 Å². The number of carbonyl (C=O) groups is 2. The monoisotopic (exact) mass is 353 g/mol. The predicted octanol–water partition coefficient (Wildman–Crippen LogP) is 2.85. The van der Waals surface area contributed by atoms with Crippen molar-refractivity contribution in [2.24, 2.45) is 0 Å². The number of aromatic nitrogens is 1. The summed E-state index contributed by atoms with van der Waals surface area (Å²) in [5.41, 5.74) is 4.23. The summed E-state index contributed by atoms with van der Waals surface area (Å²) >= 11 is 0. The summed E-state index contributed by atoms with van der Waals surface area (Å²) < 4.78 is 7.35. The Morgan fingerprint density at radius 2 is 1.88 bits per heavy atom. The number of carbonyl (C=O) groups excluding carboxylic acids is 2. The van der Waals surface area contributed by atoms with Crippen molar-refractivity contribution in [1.29, 1.82) is 0 Å². The van der Waals surface area contributed by atoms with Crippen molar-refractivity contribution in [1.82, 2.24) is 15.2 Å². The van der Waals surface area contributed by atoms with Crippen LogP contribution >= 0.6 is 0 Å². The lowest BCUT2D eigenvalue weighted by Gasteiger charge is -2.12. The van der Waals surface area contributed by atoms with E-state index < -0.39 is 0 Å². The maximum atomic E-state index is 12.6. The van der Waals surface area contributed by atoms with Crippen LogP contribution in [0.4, 0.5) is 0 Å². The Bertz CT molecular complexity index is 920. The topological polar surface area (TPSA) is 76.3 Å². The predicted molar refractivity (Wildman–Crippen MR) is 100 cm³/mol. The molecule has 0 spiro atoms. The number of hydrogen-bond donors (Lipinski definition) is 2. The first kappa shape index (κ1) is 17.8. The minimum atomic E-state index is -0.303. The van der Waals surface area contributed by atoms with Crippen LogP contribution in [0.15, 0.2) is 47.1 Å². The molecular weight excluding hydrogens is 330 g/mol. The zero-order valence-electron chi connectivity index (χ0n) is 15.2. The zero-order chi connectivity index (χ0) is 18.7. The Labute approximate surface area is 152 Å². The lowest BCUT2D eigenvalue weighted by Crippen LogP contribution is -2.40. The number of amides is 2. The molecule has 6 heteroatoms. The van der Waals surface area contributed by atoms with Gasteiger partial charge >= 0.3 is 0 Å². The fourth-order valence-electron chi connectivity index (χ4n) is 2.84. The highest BCUT2D eigenvalue weighted by atomic mass is 16.3. The quantitative estimate of drug-likeness (QED) is 0.715. The fraction of sp³-hybridized carbons (Fsp3) is 0.300. The van der Waals surface area contributed by atoms with Crippen LogP contribution in [0.1, 0.15) is 35.5 Å². The fourth-order valence-corrected chi connectivity index (χ4v) is 2.84. The lowest BCUT2D eigenvalue weighted by molar-refractivity contribution is -0.120. The number of furan rings is 1. The molecule has 0 atom stereocenters. The average Bonchev–Trinajstić information content (AvgIpc) is 3.16. The smallest absolute Gasteiger partial charge is 0.268 e. The van der Waals surface area contributed by atoms with Gasteiger partial charge in [-0.1, -0.05) is 29.8 Å². The Hall–Kier alpha value is -3.02. The number of rotatable bonds is 6. The van der Waals surface area contributed by atoms with E-state index in [1.165, 1.54) is 5.56 Å². The van der Waals surface area contributed by atoms with Gasteiger partial charge in [0.05, 0.1) is 18.3 Å². The summed E-state index contributed by atoms with van der Waals surface area (Å²) in [6, 6.07) is 11.7. The molecule has 0 saturated carbocycles. The molecule has 0 aliphatic heterocycles. The van der Waals surface area contributed by atoms with E-state index in [2.05, 4.69) is 10.6 Å². The van der Waals surface area contributed by atoms with Crippen LogP contribution in [0, 0.1) is 6.92 Å². The number of hydrogen-bond acceptors (Lipinski definition) is 3. The molecule has 6 nitrogen and oxygen atoms in total. The molecule has 2 N–H and O–H groups in total. The van der Waals surface area contributed by atoms with Crippen LogP contribution in [-0.2, 0) is 11.3 Å². The Morgan fingerprint density at radius 3 is 2.58 bits per heavy atom. The number of benzene rings is 1. The maximum absolute atomic E-state index is 12.6. The SMILES string of the molecule is Cc1ccc(Cn2c(C(=O)NCC(=O)NC(C)C)cc3occc32)cc1.